The Kier molecular flexibility index (Phi) is 9.34. The maximum absolute atomic E-state index is 13.1. The molecule has 3 N–H and O–H groups in total. The highest BCUT2D eigenvalue weighted by Crippen LogP contribution is 2.29. The zero-order valence-electron chi connectivity index (χ0n) is 20.9. The van der Waals surface area contributed by atoms with Crippen molar-refractivity contribution in [3.05, 3.63) is 17.5 Å². The minimum atomic E-state index is -1.07. The standard InChI is InChI=1S/C23H36N4O7/c1-12(2)8-15(19(28)23(6)11-33-23)24-22(31)18(13(3)4)26-21(30)17(10-32-7)25-20(29)16-9-14(5)34-27-16/h9,12-13,15,17-18H,8,10-11H2,1-7H3,(H,24,31)(H,25,29)(H,26,30)/t15-,17-,18-,23-/m0/s1. The molecule has 1 fully saturated rings. The summed E-state index contributed by atoms with van der Waals surface area (Å²) in [6.45, 7) is 11.0. The number of hydrogen-bond acceptors (Lipinski definition) is 8. The summed E-state index contributed by atoms with van der Waals surface area (Å²) in [4.78, 5) is 51.4. The van der Waals surface area contributed by atoms with E-state index in [4.69, 9.17) is 14.0 Å². The smallest absolute Gasteiger partial charge is 0.274 e. The van der Waals surface area contributed by atoms with Crippen LogP contribution < -0.4 is 16.0 Å². The third-order valence-corrected chi connectivity index (χ3v) is 5.50. The Labute approximate surface area is 199 Å². The Hall–Kier alpha value is -2.79. The fourth-order valence-corrected chi connectivity index (χ4v) is 3.43. The Morgan fingerprint density at radius 1 is 1.09 bits per heavy atom. The summed E-state index contributed by atoms with van der Waals surface area (Å²) in [7, 11) is 1.39. The lowest BCUT2D eigenvalue weighted by molar-refractivity contribution is -0.134. The van der Waals surface area contributed by atoms with Crippen molar-refractivity contribution in [3.63, 3.8) is 0 Å². The fourth-order valence-electron chi connectivity index (χ4n) is 3.43. The van der Waals surface area contributed by atoms with Gasteiger partial charge >= 0.3 is 0 Å². The average molecular weight is 481 g/mol. The van der Waals surface area contributed by atoms with Crippen LogP contribution in [0, 0.1) is 18.8 Å². The second-order valence-corrected chi connectivity index (χ2v) is 9.61. The van der Waals surface area contributed by atoms with Gasteiger partial charge in [-0.05, 0) is 32.1 Å². The van der Waals surface area contributed by atoms with E-state index in [-0.39, 0.29) is 29.9 Å². The molecule has 0 radical (unpaired) electrons. The maximum Gasteiger partial charge on any atom is 0.274 e. The molecule has 190 valence electrons. The SMILES string of the molecule is COC[C@H](NC(=O)c1cc(C)on1)C(=O)N[C@H](C(=O)N[C@@H](CC(C)C)C(=O)[C@]1(C)CO1)C(C)C. The molecular formula is C23H36N4O7. The van der Waals surface area contributed by atoms with Gasteiger partial charge in [-0.15, -0.1) is 0 Å². The number of aryl methyl sites for hydroxylation is 1. The van der Waals surface area contributed by atoms with Gasteiger partial charge in [0.05, 0.1) is 19.3 Å². The molecule has 1 aromatic rings. The Morgan fingerprint density at radius 3 is 2.21 bits per heavy atom. The second-order valence-electron chi connectivity index (χ2n) is 9.61. The van der Waals surface area contributed by atoms with E-state index < -0.39 is 41.4 Å². The van der Waals surface area contributed by atoms with Crippen LogP contribution in [0.3, 0.4) is 0 Å². The van der Waals surface area contributed by atoms with Crippen LogP contribution in [-0.4, -0.2) is 72.7 Å². The molecule has 1 saturated heterocycles. The molecular weight excluding hydrogens is 444 g/mol. The van der Waals surface area contributed by atoms with Gasteiger partial charge in [-0.2, -0.15) is 0 Å². The van der Waals surface area contributed by atoms with E-state index in [0.717, 1.165) is 0 Å². The van der Waals surface area contributed by atoms with Crippen LogP contribution in [0.1, 0.15) is 57.3 Å². The molecule has 4 atom stereocenters. The highest BCUT2D eigenvalue weighted by molar-refractivity contribution is 5.99. The molecule has 0 unspecified atom stereocenters. The van der Waals surface area contributed by atoms with Gasteiger partial charge in [0.2, 0.25) is 11.8 Å². The van der Waals surface area contributed by atoms with Gasteiger partial charge in [0.25, 0.3) is 5.91 Å². The summed E-state index contributed by atoms with van der Waals surface area (Å²) in [6.07, 6.45) is 0.446. The number of methoxy groups -OCH3 is 1. The van der Waals surface area contributed by atoms with Crippen molar-refractivity contribution in [2.24, 2.45) is 11.8 Å². The summed E-state index contributed by atoms with van der Waals surface area (Å²) in [5, 5.41) is 11.7. The fraction of sp³-hybridized carbons (Fsp3) is 0.696. The van der Waals surface area contributed by atoms with Crippen LogP contribution >= 0.6 is 0 Å². The number of hydrogen-bond donors (Lipinski definition) is 3. The Morgan fingerprint density at radius 2 is 1.74 bits per heavy atom. The number of ketones is 1. The van der Waals surface area contributed by atoms with Crippen molar-refractivity contribution in [2.75, 3.05) is 20.3 Å². The summed E-state index contributed by atoms with van der Waals surface area (Å²) in [5.74, 6) is -1.57. The van der Waals surface area contributed by atoms with E-state index in [0.29, 0.717) is 18.8 Å². The normalized spacial score (nSPS) is 19.9. The van der Waals surface area contributed by atoms with Crippen LogP contribution in [0.25, 0.3) is 0 Å². The first-order valence-corrected chi connectivity index (χ1v) is 11.4. The van der Waals surface area contributed by atoms with Gasteiger partial charge < -0.3 is 29.9 Å². The van der Waals surface area contributed by atoms with E-state index in [1.165, 1.54) is 13.2 Å². The number of Topliss-reactive ketones (excluding diaryl/α,β-unsaturated/α-hetero) is 1. The van der Waals surface area contributed by atoms with Crippen LogP contribution in [0.5, 0.6) is 0 Å². The number of rotatable bonds is 13. The van der Waals surface area contributed by atoms with Gasteiger partial charge in [0.15, 0.2) is 11.5 Å². The van der Waals surface area contributed by atoms with Gasteiger partial charge in [0.1, 0.15) is 23.4 Å². The Bertz CT molecular complexity index is 892. The second kappa shape index (κ2) is 11.6. The quantitative estimate of drug-likeness (QED) is 0.350. The largest absolute Gasteiger partial charge is 0.382 e. The first-order chi connectivity index (χ1) is 15.9. The zero-order valence-corrected chi connectivity index (χ0v) is 20.9. The van der Waals surface area contributed by atoms with Crippen molar-refractivity contribution in [1.29, 1.82) is 0 Å². The lowest BCUT2D eigenvalue weighted by Gasteiger charge is -2.28. The lowest BCUT2D eigenvalue weighted by atomic mass is 9.92. The Balaban J connectivity index is 2.10. The molecule has 0 saturated carbocycles. The van der Waals surface area contributed by atoms with Gasteiger partial charge in [0, 0.05) is 13.2 Å². The van der Waals surface area contributed by atoms with Gasteiger partial charge in [-0.3, -0.25) is 19.2 Å². The van der Waals surface area contributed by atoms with Crippen LogP contribution in [0.2, 0.25) is 0 Å². The van der Waals surface area contributed by atoms with Crippen LogP contribution in [-0.2, 0) is 23.9 Å². The highest BCUT2D eigenvalue weighted by atomic mass is 16.6. The van der Waals surface area contributed by atoms with Crippen molar-refractivity contribution in [3.8, 4) is 0 Å². The van der Waals surface area contributed by atoms with Gasteiger partial charge in [-0.1, -0.05) is 32.9 Å². The molecule has 1 aliphatic rings. The van der Waals surface area contributed by atoms with E-state index >= 15 is 0 Å². The number of ether oxygens (including phenoxy) is 2. The van der Waals surface area contributed by atoms with Crippen molar-refractivity contribution in [1.82, 2.24) is 21.1 Å². The predicted octanol–water partition coefficient (Wildman–Crippen LogP) is 0.758. The maximum atomic E-state index is 13.1. The number of carbonyl (C=O) groups is 4. The minimum absolute atomic E-state index is 0.0235. The molecule has 0 bridgehead atoms. The molecule has 0 aromatic carbocycles. The number of carbonyl (C=O) groups excluding carboxylic acids is 4. The number of nitrogens with one attached hydrogen (secondary N) is 3. The minimum Gasteiger partial charge on any atom is -0.382 e. The van der Waals surface area contributed by atoms with Crippen molar-refractivity contribution < 1.29 is 33.2 Å². The third-order valence-electron chi connectivity index (χ3n) is 5.50. The predicted molar refractivity (Wildman–Crippen MR) is 122 cm³/mol. The number of aromatic nitrogens is 1. The zero-order chi connectivity index (χ0) is 25.6. The molecule has 34 heavy (non-hydrogen) atoms. The monoisotopic (exact) mass is 480 g/mol. The number of epoxide rings is 1. The summed E-state index contributed by atoms with van der Waals surface area (Å²) in [5.41, 5.74) is -0.855. The van der Waals surface area contributed by atoms with Crippen LogP contribution in [0.4, 0.5) is 0 Å². The summed E-state index contributed by atoms with van der Waals surface area (Å²) < 4.78 is 15.2. The first kappa shape index (κ1) is 27.5. The van der Waals surface area contributed by atoms with Crippen molar-refractivity contribution in [2.45, 2.75) is 71.7 Å². The van der Waals surface area contributed by atoms with E-state index in [1.807, 2.05) is 13.8 Å². The molecule has 3 amide bonds. The van der Waals surface area contributed by atoms with Crippen LogP contribution in [0.15, 0.2) is 10.6 Å². The van der Waals surface area contributed by atoms with Crippen molar-refractivity contribution >= 4 is 23.5 Å². The lowest BCUT2D eigenvalue weighted by Crippen LogP contribution is -2.59. The summed E-state index contributed by atoms with van der Waals surface area (Å²) in [6, 6.07) is -1.30. The molecule has 11 heteroatoms. The van der Waals surface area contributed by atoms with E-state index in [9.17, 15) is 19.2 Å². The molecule has 0 spiro atoms. The third kappa shape index (κ3) is 7.36. The first-order valence-electron chi connectivity index (χ1n) is 11.4. The summed E-state index contributed by atoms with van der Waals surface area (Å²) >= 11 is 0. The van der Waals surface area contributed by atoms with E-state index in [1.54, 1.807) is 27.7 Å². The molecule has 1 aliphatic heterocycles. The number of nitrogens with zero attached hydrogens (tertiary/aromatic N) is 1. The molecule has 2 heterocycles. The highest BCUT2D eigenvalue weighted by Gasteiger charge is 2.50. The molecule has 0 aliphatic carbocycles. The molecule has 2 rings (SSSR count). The van der Waals surface area contributed by atoms with Gasteiger partial charge in [-0.25, -0.2) is 0 Å². The topological polar surface area (TPSA) is 152 Å². The van der Waals surface area contributed by atoms with E-state index in [2.05, 4.69) is 21.1 Å². The number of amides is 3. The molecule has 11 nitrogen and oxygen atoms in total. The molecule has 1 aromatic heterocycles. The average Bonchev–Trinajstić information content (AvgIpc) is 3.35.